The van der Waals surface area contributed by atoms with Gasteiger partial charge in [0.15, 0.2) is 0 Å². The molecule has 0 bridgehead atoms. The Morgan fingerprint density at radius 3 is 3.11 bits per heavy atom. The van der Waals surface area contributed by atoms with Gasteiger partial charge in [0.25, 0.3) is 0 Å². The number of aromatic carboxylic acids is 1. The van der Waals surface area contributed by atoms with Crippen LogP contribution in [0.25, 0.3) is 10.4 Å². The highest BCUT2D eigenvalue weighted by atomic mass is 32.1. The summed E-state index contributed by atoms with van der Waals surface area (Å²) in [6.45, 7) is 2.04. The summed E-state index contributed by atoms with van der Waals surface area (Å²) in [5.41, 5.74) is 1.88. The monoisotopic (exact) mass is 278 g/mol. The number of anilines is 1. The molecule has 1 saturated heterocycles. The van der Waals surface area contributed by atoms with E-state index in [4.69, 9.17) is 9.52 Å². The molecule has 2 aromatic heterocycles. The van der Waals surface area contributed by atoms with Gasteiger partial charge >= 0.3 is 5.97 Å². The van der Waals surface area contributed by atoms with Gasteiger partial charge in [-0.3, -0.25) is 0 Å². The van der Waals surface area contributed by atoms with Crippen LogP contribution >= 0.6 is 11.3 Å². The average Bonchev–Trinajstić information content (AvgIpc) is 3.09. The lowest BCUT2D eigenvalue weighted by Crippen LogP contribution is -2.21. The predicted molar refractivity (Wildman–Crippen MR) is 73.9 cm³/mol. The van der Waals surface area contributed by atoms with Crippen LogP contribution in [0.15, 0.2) is 28.2 Å². The first-order chi connectivity index (χ1) is 9.22. The largest absolute Gasteiger partial charge is 0.475 e. The van der Waals surface area contributed by atoms with Crippen LogP contribution in [0.4, 0.5) is 5.69 Å². The van der Waals surface area contributed by atoms with Crippen LogP contribution in [0.5, 0.6) is 0 Å². The van der Waals surface area contributed by atoms with Gasteiger partial charge in [0.1, 0.15) is 6.26 Å². The Morgan fingerprint density at radius 2 is 2.42 bits per heavy atom. The second-order valence-corrected chi connectivity index (χ2v) is 5.45. The molecule has 3 N–H and O–H groups in total. The summed E-state index contributed by atoms with van der Waals surface area (Å²) in [7, 11) is 0. The van der Waals surface area contributed by atoms with Crippen molar-refractivity contribution in [2.45, 2.75) is 12.5 Å². The van der Waals surface area contributed by atoms with E-state index in [9.17, 15) is 4.79 Å². The molecule has 1 fully saturated rings. The van der Waals surface area contributed by atoms with Crippen molar-refractivity contribution >= 4 is 23.0 Å². The van der Waals surface area contributed by atoms with E-state index in [2.05, 4.69) is 10.6 Å². The van der Waals surface area contributed by atoms with Crippen molar-refractivity contribution in [1.29, 1.82) is 0 Å². The fraction of sp³-hybridized carbons (Fsp3) is 0.308. The lowest BCUT2D eigenvalue weighted by Gasteiger charge is -2.10. The van der Waals surface area contributed by atoms with Gasteiger partial charge in [0, 0.05) is 40.2 Å². The van der Waals surface area contributed by atoms with Crippen LogP contribution in [-0.4, -0.2) is 30.2 Å². The lowest BCUT2D eigenvalue weighted by molar-refractivity contribution is 0.0662. The van der Waals surface area contributed by atoms with Gasteiger partial charge in [-0.1, -0.05) is 0 Å². The molecule has 0 saturated carbocycles. The Balaban J connectivity index is 1.74. The van der Waals surface area contributed by atoms with E-state index in [1.165, 1.54) is 6.26 Å². The molecule has 1 aliphatic heterocycles. The molecule has 3 heterocycles. The number of furan rings is 1. The molecule has 0 spiro atoms. The van der Waals surface area contributed by atoms with Crippen LogP contribution in [0.2, 0.25) is 0 Å². The van der Waals surface area contributed by atoms with Crippen LogP contribution in [0, 0.1) is 0 Å². The zero-order valence-corrected chi connectivity index (χ0v) is 11.0. The summed E-state index contributed by atoms with van der Waals surface area (Å²) in [4.78, 5) is 11.8. The van der Waals surface area contributed by atoms with E-state index in [1.54, 1.807) is 17.4 Å². The first-order valence-electron chi connectivity index (χ1n) is 6.10. The fourth-order valence-electron chi connectivity index (χ4n) is 2.15. The van der Waals surface area contributed by atoms with Gasteiger partial charge in [-0.15, -0.1) is 11.3 Å². The number of nitrogens with one attached hydrogen (secondary N) is 2. The SMILES string of the molecule is O=C(O)c1cc(-c2cc(N[C@@H]3CCNC3)cs2)co1. The summed E-state index contributed by atoms with van der Waals surface area (Å²) >= 11 is 1.58. The number of hydrogen-bond acceptors (Lipinski definition) is 5. The van der Waals surface area contributed by atoms with Crippen LogP contribution in [0.3, 0.4) is 0 Å². The molecule has 19 heavy (non-hydrogen) atoms. The molecule has 0 amide bonds. The van der Waals surface area contributed by atoms with Gasteiger partial charge in [-0.05, 0) is 19.0 Å². The number of carbonyl (C=O) groups is 1. The van der Waals surface area contributed by atoms with Crippen molar-refractivity contribution in [3.05, 3.63) is 29.5 Å². The predicted octanol–water partition coefficient (Wildman–Crippen LogP) is 2.48. The van der Waals surface area contributed by atoms with E-state index in [-0.39, 0.29) is 5.76 Å². The normalized spacial score (nSPS) is 18.6. The number of thiophene rings is 1. The third-order valence-electron chi connectivity index (χ3n) is 3.13. The summed E-state index contributed by atoms with van der Waals surface area (Å²) in [5, 5.41) is 17.6. The maximum Gasteiger partial charge on any atom is 0.371 e. The van der Waals surface area contributed by atoms with Crippen molar-refractivity contribution < 1.29 is 14.3 Å². The van der Waals surface area contributed by atoms with Crippen molar-refractivity contribution in [2.75, 3.05) is 18.4 Å². The molecule has 0 unspecified atom stereocenters. The fourth-order valence-corrected chi connectivity index (χ4v) is 2.98. The quantitative estimate of drug-likeness (QED) is 0.801. The molecular weight excluding hydrogens is 264 g/mol. The molecule has 2 aromatic rings. The van der Waals surface area contributed by atoms with E-state index < -0.39 is 5.97 Å². The number of hydrogen-bond donors (Lipinski definition) is 3. The van der Waals surface area contributed by atoms with Gasteiger partial charge in [0.2, 0.25) is 5.76 Å². The van der Waals surface area contributed by atoms with Gasteiger partial charge in [0.05, 0.1) is 0 Å². The lowest BCUT2D eigenvalue weighted by atomic mass is 10.2. The number of carboxylic acid groups (broad SMARTS) is 1. The molecule has 1 aliphatic rings. The Kier molecular flexibility index (Phi) is 3.27. The molecule has 5 nitrogen and oxygen atoms in total. The smallest absolute Gasteiger partial charge is 0.371 e. The van der Waals surface area contributed by atoms with E-state index in [1.807, 2.05) is 11.4 Å². The molecular formula is C13H14N2O3S. The second kappa shape index (κ2) is 5.07. The number of rotatable bonds is 4. The highest BCUT2D eigenvalue weighted by Gasteiger charge is 2.15. The molecule has 0 aromatic carbocycles. The Bertz CT molecular complexity index is 584. The van der Waals surface area contributed by atoms with Crippen molar-refractivity contribution in [2.24, 2.45) is 0 Å². The van der Waals surface area contributed by atoms with Crippen LogP contribution in [0.1, 0.15) is 17.0 Å². The third kappa shape index (κ3) is 2.64. The minimum Gasteiger partial charge on any atom is -0.475 e. The second-order valence-electron chi connectivity index (χ2n) is 4.54. The maximum absolute atomic E-state index is 10.8. The third-order valence-corrected chi connectivity index (χ3v) is 4.10. The van der Waals surface area contributed by atoms with Crippen LogP contribution < -0.4 is 10.6 Å². The first-order valence-corrected chi connectivity index (χ1v) is 6.98. The van der Waals surface area contributed by atoms with E-state index in [0.717, 1.165) is 35.6 Å². The molecule has 0 radical (unpaired) electrons. The van der Waals surface area contributed by atoms with E-state index >= 15 is 0 Å². The summed E-state index contributed by atoms with van der Waals surface area (Å²) in [6, 6.07) is 4.05. The minimum absolute atomic E-state index is 0.0297. The molecule has 1 atom stereocenters. The minimum atomic E-state index is -1.04. The summed E-state index contributed by atoms with van der Waals surface area (Å²) in [5.74, 6) is -1.07. The maximum atomic E-state index is 10.8. The Labute approximate surface area is 114 Å². The first kappa shape index (κ1) is 12.3. The Hall–Kier alpha value is -1.79. The number of carboxylic acids is 1. The van der Waals surface area contributed by atoms with Crippen molar-refractivity contribution in [3.8, 4) is 10.4 Å². The van der Waals surface area contributed by atoms with Gasteiger partial charge in [-0.2, -0.15) is 0 Å². The van der Waals surface area contributed by atoms with Crippen LogP contribution in [-0.2, 0) is 0 Å². The summed E-state index contributed by atoms with van der Waals surface area (Å²) < 4.78 is 5.00. The van der Waals surface area contributed by atoms with Gasteiger partial charge < -0.3 is 20.2 Å². The molecule has 6 heteroatoms. The average molecular weight is 278 g/mol. The van der Waals surface area contributed by atoms with Gasteiger partial charge in [-0.25, -0.2) is 4.79 Å². The molecule has 0 aliphatic carbocycles. The van der Waals surface area contributed by atoms with E-state index in [0.29, 0.717) is 6.04 Å². The van der Waals surface area contributed by atoms with Crippen molar-refractivity contribution in [3.63, 3.8) is 0 Å². The molecule has 100 valence electrons. The zero-order chi connectivity index (χ0) is 13.2. The highest BCUT2D eigenvalue weighted by molar-refractivity contribution is 7.14. The Morgan fingerprint density at radius 1 is 1.53 bits per heavy atom. The highest BCUT2D eigenvalue weighted by Crippen LogP contribution is 2.31. The molecule has 3 rings (SSSR count). The zero-order valence-electron chi connectivity index (χ0n) is 10.2. The topological polar surface area (TPSA) is 74.5 Å². The standard InChI is InChI=1S/C13H14N2O3S/c16-13(17)11-3-8(6-18-11)12-4-10(7-19-12)15-9-1-2-14-5-9/h3-4,6-7,9,14-15H,1-2,5H2,(H,16,17)/t9-/m1/s1. The van der Waals surface area contributed by atoms with Crippen molar-refractivity contribution in [1.82, 2.24) is 5.32 Å². The summed E-state index contributed by atoms with van der Waals surface area (Å²) in [6.07, 6.45) is 2.61.